The zero-order valence-corrected chi connectivity index (χ0v) is 19.1. The van der Waals surface area contributed by atoms with E-state index in [1.54, 1.807) is 41.5 Å². The molecule has 5 atom stereocenters. The third-order valence-electron chi connectivity index (χ3n) is 4.50. The first-order valence-electron chi connectivity index (χ1n) is 9.93. The lowest BCUT2D eigenvalue weighted by atomic mass is 9.94. The standard InChI is InChI=1S/C22H32O7S/c1-21(2,3)19(25)28-16-15(24)14(12-23)27-18(30-13-10-8-7-9-11-13)17(16)29-20(26)22(4,5)6/h7-11,14-18,23-24H,12H2,1-6H3/t14-,15+,16+,17-,18+/m1/s1. The van der Waals surface area contributed by atoms with Crippen LogP contribution >= 0.6 is 11.8 Å². The van der Waals surface area contributed by atoms with E-state index in [1.165, 1.54) is 11.8 Å². The van der Waals surface area contributed by atoms with Crippen LogP contribution in [0.2, 0.25) is 0 Å². The van der Waals surface area contributed by atoms with Crippen LogP contribution in [-0.4, -0.2) is 58.6 Å². The fraction of sp³-hybridized carbons (Fsp3) is 0.636. The van der Waals surface area contributed by atoms with Gasteiger partial charge in [0, 0.05) is 4.90 Å². The summed E-state index contributed by atoms with van der Waals surface area (Å²) in [5.74, 6) is -1.06. The normalized spacial score (nSPS) is 27.4. The van der Waals surface area contributed by atoms with Gasteiger partial charge in [-0.15, -0.1) is 0 Å². The van der Waals surface area contributed by atoms with Crippen molar-refractivity contribution in [3.63, 3.8) is 0 Å². The highest BCUT2D eigenvalue weighted by atomic mass is 32.2. The Morgan fingerprint density at radius 3 is 1.93 bits per heavy atom. The molecule has 0 saturated carbocycles. The van der Waals surface area contributed by atoms with Crippen LogP contribution in [0.4, 0.5) is 0 Å². The first kappa shape index (κ1) is 24.7. The molecule has 2 N–H and O–H groups in total. The fourth-order valence-electron chi connectivity index (χ4n) is 2.63. The molecule has 30 heavy (non-hydrogen) atoms. The van der Waals surface area contributed by atoms with Gasteiger partial charge in [-0.2, -0.15) is 0 Å². The predicted octanol–water partition coefficient (Wildman–Crippen LogP) is 2.77. The molecule has 0 spiro atoms. The molecule has 168 valence electrons. The average Bonchev–Trinajstić information content (AvgIpc) is 2.65. The van der Waals surface area contributed by atoms with Gasteiger partial charge < -0.3 is 24.4 Å². The minimum absolute atomic E-state index is 0.476. The van der Waals surface area contributed by atoms with Crippen molar-refractivity contribution in [2.24, 2.45) is 10.8 Å². The zero-order valence-electron chi connectivity index (χ0n) is 18.3. The van der Waals surface area contributed by atoms with Crippen LogP contribution < -0.4 is 0 Å². The predicted molar refractivity (Wildman–Crippen MR) is 113 cm³/mol. The highest BCUT2D eigenvalue weighted by Gasteiger charge is 2.51. The van der Waals surface area contributed by atoms with Crippen LogP contribution in [0.1, 0.15) is 41.5 Å². The van der Waals surface area contributed by atoms with Gasteiger partial charge in [-0.05, 0) is 53.7 Å². The van der Waals surface area contributed by atoms with Gasteiger partial charge in [0.15, 0.2) is 12.2 Å². The van der Waals surface area contributed by atoms with Crippen molar-refractivity contribution in [1.29, 1.82) is 0 Å². The minimum atomic E-state index is -1.35. The van der Waals surface area contributed by atoms with Crippen molar-refractivity contribution in [1.82, 2.24) is 0 Å². The fourth-order valence-corrected chi connectivity index (χ4v) is 3.76. The number of aliphatic hydroxyl groups excluding tert-OH is 2. The Balaban J connectivity index is 2.40. The first-order chi connectivity index (χ1) is 13.8. The number of benzene rings is 1. The van der Waals surface area contributed by atoms with Crippen LogP contribution in [0.15, 0.2) is 35.2 Å². The topological polar surface area (TPSA) is 102 Å². The molecule has 0 unspecified atom stereocenters. The Morgan fingerprint density at radius 1 is 0.967 bits per heavy atom. The van der Waals surface area contributed by atoms with Crippen LogP contribution in [0.3, 0.4) is 0 Å². The van der Waals surface area contributed by atoms with Crippen LogP contribution in [0.25, 0.3) is 0 Å². The van der Waals surface area contributed by atoms with E-state index in [0.717, 1.165) is 4.90 Å². The molecule has 7 nitrogen and oxygen atoms in total. The Hall–Kier alpha value is -1.61. The lowest BCUT2D eigenvalue weighted by Gasteiger charge is -2.44. The summed E-state index contributed by atoms with van der Waals surface area (Å²) in [5.41, 5.74) is -2.43. The second kappa shape index (κ2) is 9.68. The third-order valence-corrected chi connectivity index (χ3v) is 5.66. The Morgan fingerprint density at radius 2 is 1.47 bits per heavy atom. The van der Waals surface area contributed by atoms with Crippen molar-refractivity contribution < 1.29 is 34.0 Å². The molecule has 1 aromatic carbocycles. The van der Waals surface area contributed by atoms with Crippen molar-refractivity contribution >= 4 is 23.7 Å². The number of ether oxygens (including phenoxy) is 3. The minimum Gasteiger partial charge on any atom is -0.455 e. The number of thioether (sulfide) groups is 1. The molecule has 1 fully saturated rings. The van der Waals surface area contributed by atoms with Gasteiger partial charge in [-0.1, -0.05) is 30.0 Å². The van der Waals surface area contributed by atoms with Gasteiger partial charge >= 0.3 is 11.9 Å². The van der Waals surface area contributed by atoms with Gasteiger partial charge in [0.25, 0.3) is 0 Å². The van der Waals surface area contributed by atoms with Gasteiger partial charge in [-0.25, -0.2) is 0 Å². The number of rotatable bonds is 5. The Bertz CT molecular complexity index is 723. The molecule has 0 amide bonds. The largest absolute Gasteiger partial charge is 0.455 e. The van der Waals surface area contributed by atoms with Gasteiger partial charge in [-0.3, -0.25) is 9.59 Å². The average molecular weight is 441 g/mol. The van der Waals surface area contributed by atoms with Crippen molar-refractivity contribution in [2.45, 2.75) is 76.3 Å². The number of hydrogen-bond donors (Lipinski definition) is 2. The Kier molecular flexibility index (Phi) is 7.96. The summed E-state index contributed by atoms with van der Waals surface area (Å²) in [6.45, 7) is 9.73. The van der Waals surface area contributed by atoms with E-state index in [4.69, 9.17) is 14.2 Å². The zero-order chi connectivity index (χ0) is 22.7. The summed E-state index contributed by atoms with van der Waals surface area (Å²) in [6.07, 6.45) is -4.60. The van der Waals surface area contributed by atoms with E-state index >= 15 is 0 Å². The molecule has 0 aliphatic carbocycles. The first-order valence-corrected chi connectivity index (χ1v) is 10.8. The second-order valence-electron chi connectivity index (χ2n) is 9.39. The van der Waals surface area contributed by atoms with E-state index in [-0.39, 0.29) is 0 Å². The number of hydrogen-bond acceptors (Lipinski definition) is 8. The smallest absolute Gasteiger partial charge is 0.311 e. The summed E-state index contributed by atoms with van der Waals surface area (Å²) in [4.78, 5) is 26.1. The van der Waals surface area contributed by atoms with Crippen LogP contribution in [0.5, 0.6) is 0 Å². The number of aliphatic hydroxyl groups is 2. The maximum Gasteiger partial charge on any atom is 0.311 e. The van der Waals surface area contributed by atoms with Gasteiger partial charge in [0.2, 0.25) is 0 Å². The molecule has 1 aliphatic rings. The van der Waals surface area contributed by atoms with E-state index < -0.39 is 59.2 Å². The monoisotopic (exact) mass is 440 g/mol. The van der Waals surface area contributed by atoms with Crippen molar-refractivity contribution in [3.05, 3.63) is 30.3 Å². The molecule has 8 heteroatoms. The van der Waals surface area contributed by atoms with Crippen LogP contribution in [0, 0.1) is 10.8 Å². The van der Waals surface area contributed by atoms with Gasteiger partial charge in [0.1, 0.15) is 17.6 Å². The highest BCUT2D eigenvalue weighted by Crippen LogP contribution is 2.37. The van der Waals surface area contributed by atoms with E-state index in [9.17, 15) is 19.8 Å². The SMILES string of the molecule is CC(C)(C)C(=O)O[C@@H]1[C@@H](OC(=O)C(C)(C)C)[C@@H](O)[C@@H](CO)O[C@H]1Sc1ccccc1. The highest BCUT2D eigenvalue weighted by molar-refractivity contribution is 7.99. The summed E-state index contributed by atoms with van der Waals surface area (Å²) in [7, 11) is 0. The third kappa shape index (κ3) is 6.20. The maximum atomic E-state index is 12.7. The van der Waals surface area contributed by atoms with Crippen molar-refractivity contribution in [3.8, 4) is 0 Å². The summed E-state index contributed by atoms with van der Waals surface area (Å²) in [5, 5.41) is 20.5. The molecule has 1 aromatic rings. The number of carbonyl (C=O) groups is 2. The second-order valence-corrected chi connectivity index (χ2v) is 10.6. The summed E-state index contributed by atoms with van der Waals surface area (Å²) < 4.78 is 17.2. The summed E-state index contributed by atoms with van der Waals surface area (Å²) in [6, 6.07) is 9.32. The van der Waals surface area contributed by atoms with E-state index in [0.29, 0.717) is 0 Å². The molecule has 1 aliphatic heterocycles. The lowest BCUT2D eigenvalue weighted by Crippen LogP contribution is -2.61. The Labute approximate surface area is 182 Å². The lowest BCUT2D eigenvalue weighted by molar-refractivity contribution is -0.235. The number of esters is 2. The molecule has 0 bridgehead atoms. The molecular formula is C22H32O7S. The van der Waals surface area contributed by atoms with E-state index in [2.05, 4.69) is 0 Å². The number of carbonyl (C=O) groups excluding carboxylic acids is 2. The molecule has 0 radical (unpaired) electrons. The molecule has 0 aromatic heterocycles. The van der Waals surface area contributed by atoms with Gasteiger partial charge in [0.05, 0.1) is 17.4 Å². The van der Waals surface area contributed by atoms with Crippen molar-refractivity contribution in [2.75, 3.05) is 6.61 Å². The molecule has 1 heterocycles. The summed E-state index contributed by atoms with van der Waals surface area (Å²) >= 11 is 1.27. The maximum absolute atomic E-state index is 12.7. The molecule has 2 rings (SSSR count). The quantitative estimate of drug-likeness (QED) is 0.674. The molecular weight excluding hydrogens is 408 g/mol. The van der Waals surface area contributed by atoms with E-state index in [1.807, 2.05) is 30.3 Å². The van der Waals surface area contributed by atoms with Crippen LogP contribution in [-0.2, 0) is 23.8 Å². The molecule has 1 saturated heterocycles.